The second-order valence-electron chi connectivity index (χ2n) is 6.86. The van der Waals surface area contributed by atoms with Gasteiger partial charge in [-0.1, -0.05) is 11.2 Å². The Balaban J connectivity index is 1.56. The average Bonchev–Trinajstić information content (AvgIpc) is 3.36. The van der Waals surface area contributed by atoms with Crippen molar-refractivity contribution in [3.8, 4) is 22.9 Å². The highest BCUT2D eigenvalue weighted by Gasteiger charge is 2.35. The van der Waals surface area contributed by atoms with Crippen molar-refractivity contribution in [1.82, 2.24) is 10.1 Å². The maximum atomic E-state index is 13.9. The van der Waals surface area contributed by atoms with E-state index in [4.69, 9.17) is 14.0 Å². The van der Waals surface area contributed by atoms with Crippen LogP contribution >= 0.6 is 0 Å². The minimum absolute atomic E-state index is 0.107. The number of carbonyl (C=O) groups is 1. The first-order chi connectivity index (χ1) is 14.0. The van der Waals surface area contributed by atoms with Crippen LogP contribution in [0.5, 0.6) is 11.5 Å². The number of rotatable bonds is 5. The zero-order chi connectivity index (χ0) is 20.5. The molecular formula is C21H20FN3O4. The number of ether oxygens (including phenoxy) is 2. The maximum absolute atomic E-state index is 13.9. The molecule has 3 aromatic rings. The average molecular weight is 397 g/mol. The first-order valence-corrected chi connectivity index (χ1v) is 9.12. The van der Waals surface area contributed by atoms with E-state index in [0.29, 0.717) is 46.6 Å². The Labute approximate surface area is 167 Å². The number of anilines is 1. The summed E-state index contributed by atoms with van der Waals surface area (Å²) < 4.78 is 29.9. The molecule has 1 unspecified atom stereocenters. The van der Waals surface area contributed by atoms with Crippen molar-refractivity contribution in [2.24, 2.45) is 0 Å². The Morgan fingerprint density at radius 2 is 1.93 bits per heavy atom. The fraction of sp³-hybridized carbons (Fsp3) is 0.286. The van der Waals surface area contributed by atoms with Gasteiger partial charge in [-0.2, -0.15) is 4.98 Å². The van der Waals surface area contributed by atoms with Crippen LogP contribution in [0.3, 0.4) is 0 Å². The summed E-state index contributed by atoms with van der Waals surface area (Å²) in [4.78, 5) is 18.5. The lowest BCUT2D eigenvalue weighted by molar-refractivity contribution is -0.117. The molecule has 150 valence electrons. The molecule has 0 N–H and O–H groups in total. The number of carbonyl (C=O) groups excluding carboxylic acids is 1. The molecule has 0 saturated carbocycles. The van der Waals surface area contributed by atoms with Gasteiger partial charge in [0.25, 0.3) is 0 Å². The Hall–Kier alpha value is -3.42. The molecule has 1 aliphatic rings. The van der Waals surface area contributed by atoms with E-state index in [9.17, 15) is 9.18 Å². The van der Waals surface area contributed by atoms with Gasteiger partial charge in [0, 0.05) is 24.2 Å². The SMILES string of the molecule is COc1ccc(-c2noc(C3CC(=O)N(c4ccc(C)c(F)c4)C3)n2)cc1OC. The minimum atomic E-state index is -0.340. The Morgan fingerprint density at radius 1 is 1.14 bits per heavy atom. The lowest BCUT2D eigenvalue weighted by Crippen LogP contribution is -2.24. The largest absolute Gasteiger partial charge is 0.493 e. The maximum Gasteiger partial charge on any atom is 0.232 e. The van der Waals surface area contributed by atoms with Gasteiger partial charge in [0.1, 0.15) is 5.82 Å². The Kier molecular flexibility index (Phi) is 4.92. The van der Waals surface area contributed by atoms with Crippen LogP contribution in [0.1, 0.15) is 23.8 Å². The summed E-state index contributed by atoms with van der Waals surface area (Å²) >= 11 is 0. The van der Waals surface area contributed by atoms with Gasteiger partial charge in [0.15, 0.2) is 11.5 Å². The quantitative estimate of drug-likeness (QED) is 0.653. The highest BCUT2D eigenvalue weighted by atomic mass is 19.1. The summed E-state index contributed by atoms with van der Waals surface area (Å²) in [5.41, 5.74) is 1.77. The van der Waals surface area contributed by atoms with E-state index in [2.05, 4.69) is 10.1 Å². The van der Waals surface area contributed by atoms with Gasteiger partial charge < -0.3 is 18.9 Å². The number of hydrogen-bond donors (Lipinski definition) is 0. The highest BCUT2D eigenvalue weighted by Crippen LogP contribution is 2.34. The number of methoxy groups -OCH3 is 2. The van der Waals surface area contributed by atoms with E-state index in [-0.39, 0.29) is 24.1 Å². The van der Waals surface area contributed by atoms with Crippen molar-refractivity contribution in [1.29, 1.82) is 0 Å². The number of aromatic nitrogens is 2. The van der Waals surface area contributed by atoms with Crippen LogP contribution in [0.4, 0.5) is 10.1 Å². The second-order valence-corrected chi connectivity index (χ2v) is 6.86. The number of halogens is 1. The van der Waals surface area contributed by atoms with Crippen molar-refractivity contribution in [2.75, 3.05) is 25.7 Å². The fourth-order valence-corrected chi connectivity index (χ4v) is 3.37. The van der Waals surface area contributed by atoms with E-state index in [1.54, 1.807) is 56.4 Å². The van der Waals surface area contributed by atoms with Gasteiger partial charge in [0.05, 0.1) is 20.1 Å². The van der Waals surface area contributed by atoms with Crippen LogP contribution in [0.25, 0.3) is 11.4 Å². The molecule has 1 amide bonds. The summed E-state index contributed by atoms with van der Waals surface area (Å²) in [5.74, 6) is 1.22. The second kappa shape index (κ2) is 7.54. The molecule has 1 fully saturated rings. The highest BCUT2D eigenvalue weighted by molar-refractivity contribution is 5.96. The van der Waals surface area contributed by atoms with Gasteiger partial charge in [-0.15, -0.1) is 0 Å². The predicted molar refractivity (Wildman–Crippen MR) is 104 cm³/mol. The standard InChI is InChI=1S/C21H20FN3O4/c1-12-4-6-15(10-16(12)22)25-11-14(9-19(25)26)21-23-20(24-29-21)13-5-7-17(27-2)18(8-13)28-3/h4-8,10,14H,9,11H2,1-3H3. The number of amides is 1. The van der Waals surface area contributed by atoms with Gasteiger partial charge in [0.2, 0.25) is 17.6 Å². The van der Waals surface area contributed by atoms with E-state index >= 15 is 0 Å². The summed E-state index contributed by atoms with van der Waals surface area (Å²) in [6, 6.07) is 10.1. The van der Waals surface area contributed by atoms with E-state index in [1.165, 1.54) is 6.07 Å². The summed E-state index contributed by atoms with van der Waals surface area (Å²) in [6.07, 6.45) is 0.225. The molecule has 0 aliphatic carbocycles. The number of nitrogens with zero attached hydrogens (tertiary/aromatic N) is 3. The molecule has 1 saturated heterocycles. The molecule has 1 aromatic heterocycles. The molecule has 7 nitrogen and oxygen atoms in total. The van der Waals surface area contributed by atoms with Crippen molar-refractivity contribution >= 4 is 11.6 Å². The van der Waals surface area contributed by atoms with Crippen LogP contribution < -0.4 is 14.4 Å². The molecule has 4 rings (SSSR count). The molecule has 0 spiro atoms. The van der Waals surface area contributed by atoms with Crippen LogP contribution in [0.15, 0.2) is 40.9 Å². The summed E-state index contributed by atoms with van der Waals surface area (Å²) in [6.45, 7) is 2.04. The lowest BCUT2D eigenvalue weighted by atomic mass is 10.1. The Bertz CT molecular complexity index is 1070. The molecule has 0 radical (unpaired) electrons. The van der Waals surface area contributed by atoms with Crippen LogP contribution in [-0.2, 0) is 4.79 Å². The Morgan fingerprint density at radius 3 is 2.66 bits per heavy atom. The zero-order valence-corrected chi connectivity index (χ0v) is 16.3. The van der Waals surface area contributed by atoms with Crippen LogP contribution in [0.2, 0.25) is 0 Å². The summed E-state index contributed by atoms with van der Waals surface area (Å²) in [7, 11) is 3.11. The number of benzene rings is 2. The predicted octanol–water partition coefficient (Wildman–Crippen LogP) is 3.72. The van der Waals surface area contributed by atoms with Crippen molar-refractivity contribution < 1.29 is 23.2 Å². The minimum Gasteiger partial charge on any atom is -0.493 e. The van der Waals surface area contributed by atoms with Crippen molar-refractivity contribution in [2.45, 2.75) is 19.3 Å². The van der Waals surface area contributed by atoms with Crippen LogP contribution in [0, 0.1) is 12.7 Å². The molecule has 2 heterocycles. The molecule has 1 atom stereocenters. The van der Waals surface area contributed by atoms with Gasteiger partial charge in [-0.25, -0.2) is 4.39 Å². The third-order valence-corrected chi connectivity index (χ3v) is 5.02. The lowest BCUT2D eigenvalue weighted by Gasteiger charge is -2.16. The van der Waals surface area contributed by atoms with Gasteiger partial charge >= 0.3 is 0 Å². The number of aryl methyl sites for hydroxylation is 1. The van der Waals surface area contributed by atoms with Crippen LogP contribution in [-0.4, -0.2) is 36.8 Å². The topological polar surface area (TPSA) is 77.7 Å². The van der Waals surface area contributed by atoms with E-state index in [0.717, 1.165) is 0 Å². The zero-order valence-electron chi connectivity index (χ0n) is 16.3. The van der Waals surface area contributed by atoms with Gasteiger partial charge in [-0.05, 0) is 42.8 Å². The molecule has 2 aromatic carbocycles. The first kappa shape index (κ1) is 18.9. The number of hydrogen-bond acceptors (Lipinski definition) is 6. The molecule has 1 aliphatic heterocycles. The normalized spacial score (nSPS) is 16.3. The van der Waals surface area contributed by atoms with E-state index < -0.39 is 0 Å². The smallest absolute Gasteiger partial charge is 0.232 e. The third kappa shape index (κ3) is 3.53. The fourth-order valence-electron chi connectivity index (χ4n) is 3.37. The van der Waals surface area contributed by atoms with E-state index in [1.807, 2.05) is 0 Å². The molecule has 29 heavy (non-hydrogen) atoms. The summed E-state index contributed by atoms with van der Waals surface area (Å²) in [5, 5.41) is 4.04. The van der Waals surface area contributed by atoms with Crippen molar-refractivity contribution in [3.63, 3.8) is 0 Å². The molecule has 8 heteroatoms. The molecule has 0 bridgehead atoms. The van der Waals surface area contributed by atoms with Crippen molar-refractivity contribution in [3.05, 3.63) is 53.7 Å². The first-order valence-electron chi connectivity index (χ1n) is 9.12. The monoisotopic (exact) mass is 397 g/mol. The third-order valence-electron chi connectivity index (χ3n) is 5.02. The van der Waals surface area contributed by atoms with Gasteiger partial charge in [-0.3, -0.25) is 4.79 Å². The molecular weight excluding hydrogens is 377 g/mol.